The quantitative estimate of drug-likeness (QED) is 0.582. The third-order valence-electron chi connectivity index (χ3n) is 2.74. The van der Waals surface area contributed by atoms with Gasteiger partial charge in [-0.2, -0.15) is 0 Å². The van der Waals surface area contributed by atoms with E-state index in [1.165, 1.54) is 17.6 Å². The lowest BCUT2D eigenvalue weighted by molar-refractivity contribution is 0.0781. The van der Waals surface area contributed by atoms with Gasteiger partial charge in [0.15, 0.2) is 0 Å². The highest BCUT2D eigenvalue weighted by molar-refractivity contribution is 5.34. The van der Waals surface area contributed by atoms with Gasteiger partial charge in [0.1, 0.15) is 0 Å². The Labute approximate surface area is 75.1 Å². The summed E-state index contributed by atoms with van der Waals surface area (Å²) in [7, 11) is 1.77. The van der Waals surface area contributed by atoms with Crippen molar-refractivity contribution < 1.29 is 4.74 Å². The average molecular weight is 166 g/mol. The molecular formula is C11H18O. The van der Waals surface area contributed by atoms with E-state index in [1.807, 2.05) is 0 Å². The Kier molecular flexibility index (Phi) is 3.10. The van der Waals surface area contributed by atoms with Gasteiger partial charge in [0, 0.05) is 7.11 Å². The van der Waals surface area contributed by atoms with Crippen LogP contribution in [0, 0.1) is 5.92 Å². The Bertz CT molecular complexity index is 203. The molecule has 0 amide bonds. The minimum absolute atomic E-state index is 0.241. The van der Waals surface area contributed by atoms with Crippen LogP contribution in [-0.2, 0) is 4.74 Å². The van der Waals surface area contributed by atoms with E-state index in [-0.39, 0.29) is 6.10 Å². The number of methoxy groups -OCH3 is 1. The van der Waals surface area contributed by atoms with Crippen LogP contribution >= 0.6 is 0 Å². The Morgan fingerprint density at radius 2 is 2.25 bits per heavy atom. The molecule has 0 aliphatic heterocycles. The van der Waals surface area contributed by atoms with E-state index >= 15 is 0 Å². The lowest BCUT2D eigenvalue weighted by atomic mass is 9.81. The van der Waals surface area contributed by atoms with Crippen LogP contribution in [0.3, 0.4) is 0 Å². The maximum absolute atomic E-state index is 5.41. The van der Waals surface area contributed by atoms with Crippen LogP contribution in [0.5, 0.6) is 0 Å². The molecule has 1 aliphatic rings. The van der Waals surface area contributed by atoms with Crippen LogP contribution in [0.15, 0.2) is 23.8 Å². The van der Waals surface area contributed by atoms with Crippen molar-refractivity contribution in [3.8, 4) is 0 Å². The van der Waals surface area contributed by atoms with Gasteiger partial charge in [-0.1, -0.05) is 19.6 Å². The topological polar surface area (TPSA) is 9.23 Å². The maximum Gasteiger partial charge on any atom is 0.0843 e. The Hall–Kier alpha value is -0.560. The lowest BCUT2D eigenvalue weighted by Crippen LogP contribution is -2.27. The molecule has 1 heteroatoms. The molecule has 2 unspecified atom stereocenters. The van der Waals surface area contributed by atoms with Crippen molar-refractivity contribution in [1.29, 1.82) is 0 Å². The molecule has 0 radical (unpaired) electrons. The molecule has 68 valence electrons. The number of ether oxygens (including phenoxy) is 1. The van der Waals surface area contributed by atoms with Gasteiger partial charge in [-0.25, -0.2) is 0 Å². The molecule has 1 rings (SSSR count). The molecule has 0 aromatic carbocycles. The van der Waals surface area contributed by atoms with Gasteiger partial charge in [-0.3, -0.25) is 0 Å². The third kappa shape index (κ3) is 1.61. The predicted octanol–water partition coefficient (Wildman–Crippen LogP) is 2.93. The van der Waals surface area contributed by atoms with Crippen LogP contribution < -0.4 is 0 Å². The Morgan fingerprint density at radius 3 is 2.75 bits per heavy atom. The van der Waals surface area contributed by atoms with Crippen LogP contribution in [0.2, 0.25) is 0 Å². The highest BCUT2D eigenvalue weighted by Crippen LogP contribution is 2.33. The SMILES string of the molecule is C=C1/C(=C\C)CCC(C)C1OC. The van der Waals surface area contributed by atoms with Crippen molar-refractivity contribution in [2.45, 2.75) is 32.8 Å². The van der Waals surface area contributed by atoms with Gasteiger partial charge in [-0.15, -0.1) is 0 Å². The van der Waals surface area contributed by atoms with E-state index in [4.69, 9.17) is 4.74 Å². The van der Waals surface area contributed by atoms with Crippen molar-refractivity contribution in [3.05, 3.63) is 23.8 Å². The van der Waals surface area contributed by atoms with E-state index in [1.54, 1.807) is 7.11 Å². The summed E-state index contributed by atoms with van der Waals surface area (Å²) in [5, 5.41) is 0. The summed E-state index contributed by atoms with van der Waals surface area (Å²) < 4.78 is 5.41. The van der Waals surface area contributed by atoms with Crippen molar-refractivity contribution in [2.75, 3.05) is 7.11 Å². The summed E-state index contributed by atoms with van der Waals surface area (Å²) in [6.07, 6.45) is 4.78. The Balaban J connectivity index is 2.77. The number of hydrogen-bond acceptors (Lipinski definition) is 1. The van der Waals surface area contributed by atoms with Gasteiger partial charge in [0.05, 0.1) is 6.10 Å². The van der Waals surface area contributed by atoms with Crippen molar-refractivity contribution in [1.82, 2.24) is 0 Å². The molecule has 0 saturated heterocycles. The molecule has 12 heavy (non-hydrogen) atoms. The van der Waals surface area contributed by atoms with Crippen molar-refractivity contribution in [2.24, 2.45) is 5.92 Å². The van der Waals surface area contributed by atoms with Gasteiger partial charge < -0.3 is 4.74 Å². The van der Waals surface area contributed by atoms with E-state index in [0.29, 0.717) is 5.92 Å². The zero-order valence-corrected chi connectivity index (χ0v) is 8.26. The summed E-state index contributed by atoms with van der Waals surface area (Å²) >= 11 is 0. The smallest absolute Gasteiger partial charge is 0.0843 e. The summed E-state index contributed by atoms with van der Waals surface area (Å²) in [5.41, 5.74) is 2.55. The molecule has 1 nitrogen and oxygen atoms in total. The maximum atomic E-state index is 5.41. The minimum Gasteiger partial charge on any atom is -0.376 e. The molecule has 1 fully saturated rings. The van der Waals surface area contributed by atoms with E-state index in [2.05, 4.69) is 26.5 Å². The van der Waals surface area contributed by atoms with Gasteiger partial charge in [-0.05, 0) is 36.8 Å². The first-order valence-corrected chi connectivity index (χ1v) is 4.57. The second-order valence-corrected chi connectivity index (χ2v) is 3.51. The van der Waals surface area contributed by atoms with E-state index in [0.717, 1.165) is 6.42 Å². The summed E-state index contributed by atoms with van der Waals surface area (Å²) in [5.74, 6) is 0.617. The number of rotatable bonds is 1. The fourth-order valence-electron chi connectivity index (χ4n) is 1.93. The average Bonchev–Trinajstić information content (AvgIpc) is 2.06. The highest BCUT2D eigenvalue weighted by Gasteiger charge is 2.26. The van der Waals surface area contributed by atoms with Crippen LogP contribution in [0.4, 0.5) is 0 Å². The zero-order valence-electron chi connectivity index (χ0n) is 8.26. The normalized spacial score (nSPS) is 34.2. The monoisotopic (exact) mass is 166 g/mol. The summed E-state index contributed by atoms with van der Waals surface area (Å²) in [6, 6.07) is 0. The standard InChI is InChI=1S/C11H18O/c1-5-10-7-6-8(2)11(12-4)9(10)3/h5,8,11H,3,6-7H2,1-2,4H3/b10-5-. The molecule has 1 aliphatic carbocycles. The zero-order chi connectivity index (χ0) is 9.14. The van der Waals surface area contributed by atoms with Crippen LogP contribution in [0.25, 0.3) is 0 Å². The fraction of sp³-hybridized carbons (Fsp3) is 0.636. The minimum atomic E-state index is 0.241. The van der Waals surface area contributed by atoms with Gasteiger partial charge in [0.2, 0.25) is 0 Å². The molecule has 0 spiro atoms. The third-order valence-corrected chi connectivity index (χ3v) is 2.74. The highest BCUT2D eigenvalue weighted by atomic mass is 16.5. The first-order valence-electron chi connectivity index (χ1n) is 4.57. The molecule has 0 aromatic heterocycles. The van der Waals surface area contributed by atoms with E-state index in [9.17, 15) is 0 Å². The van der Waals surface area contributed by atoms with Crippen molar-refractivity contribution >= 4 is 0 Å². The fourth-order valence-corrected chi connectivity index (χ4v) is 1.93. The number of allylic oxidation sites excluding steroid dienone is 1. The molecule has 2 atom stereocenters. The van der Waals surface area contributed by atoms with Gasteiger partial charge in [0.25, 0.3) is 0 Å². The summed E-state index contributed by atoms with van der Waals surface area (Å²) in [6.45, 7) is 8.38. The van der Waals surface area contributed by atoms with Crippen LogP contribution in [0.1, 0.15) is 26.7 Å². The largest absolute Gasteiger partial charge is 0.376 e. The van der Waals surface area contributed by atoms with Crippen LogP contribution in [-0.4, -0.2) is 13.2 Å². The van der Waals surface area contributed by atoms with E-state index < -0.39 is 0 Å². The van der Waals surface area contributed by atoms with Crippen molar-refractivity contribution in [3.63, 3.8) is 0 Å². The molecule has 0 aromatic rings. The van der Waals surface area contributed by atoms with Gasteiger partial charge >= 0.3 is 0 Å². The summed E-state index contributed by atoms with van der Waals surface area (Å²) in [4.78, 5) is 0. The first-order chi connectivity index (χ1) is 5.70. The molecule has 0 N–H and O–H groups in total. The molecular weight excluding hydrogens is 148 g/mol. The second kappa shape index (κ2) is 3.90. The molecule has 0 bridgehead atoms. The second-order valence-electron chi connectivity index (χ2n) is 3.51. The number of hydrogen-bond donors (Lipinski definition) is 0. The Morgan fingerprint density at radius 1 is 1.58 bits per heavy atom. The first kappa shape index (κ1) is 9.53. The lowest BCUT2D eigenvalue weighted by Gasteiger charge is -2.31. The molecule has 1 saturated carbocycles. The predicted molar refractivity (Wildman–Crippen MR) is 52.1 cm³/mol. The molecule has 0 heterocycles.